The van der Waals surface area contributed by atoms with Crippen LogP contribution in [0.1, 0.15) is 26.3 Å². The van der Waals surface area contributed by atoms with E-state index in [1.165, 1.54) is 11.6 Å². The van der Waals surface area contributed by atoms with E-state index in [9.17, 15) is 9.59 Å². The molecule has 0 saturated heterocycles. The number of aromatic nitrogens is 2. The summed E-state index contributed by atoms with van der Waals surface area (Å²) in [6.07, 6.45) is 0. The quantitative estimate of drug-likeness (QED) is 0.653. The predicted octanol–water partition coefficient (Wildman–Crippen LogP) is 3.11. The van der Waals surface area contributed by atoms with Gasteiger partial charge in [-0.15, -0.1) is 11.8 Å². The fourth-order valence-corrected chi connectivity index (χ4v) is 5.01. The van der Waals surface area contributed by atoms with Crippen molar-refractivity contribution in [1.29, 1.82) is 0 Å². The summed E-state index contributed by atoms with van der Waals surface area (Å²) in [4.78, 5) is 27.5. The normalized spacial score (nSPS) is 16.1. The van der Waals surface area contributed by atoms with Crippen LogP contribution < -0.4 is 21.5 Å². The fourth-order valence-electron chi connectivity index (χ4n) is 3.33. The van der Waals surface area contributed by atoms with Gasteiger partial charge >= 0.3 is 5.69 Å². The summed E-state index contributed by atoms with van der Waals surface area (Å²) in [7, 11) is 3.20. The maximum absolute atomic E-state index is 13.0. The van der Waals surface area contributed by atoms with Crippen LogP contribution >= 0.6 is 27.7 Å². The second kappa shape index (κ2) is 8.57. The molecule has 0 fully saturated rings. The largest absolute Gasteiger partial charge is 0.380 e. The number of rotatable bonds is 7. The molecule has 0 amide bonds. The van der Waals surface area contributed by atoms with Crippen LogP contribution in [0.5, 0.6) is 0 Å². The highest BCUT2D eigenvalue weighted by molar-refractivity contribution is 9.10. The van der Waals surface area contributed by atoms with Crippen molar-refractivity contribution in [2.24, 2.45) is 14.1 Å². The Labute approximate surface area is 183 Å². The number of anilines is 2. The van der Waals surface area contributed by atoms with Crippen LogP contribution in [0.25, 0.3) is 0 Å². The van der Waals surface area contributed by atoms with Gasteiger partial charge in [-0.25, -0.2) is 4.79 Å². The summed E-state index contributed by atoms with van der Waals surface area (Å²) >= 11 is 5.20. The summed E-state index contributed by atoms with van der Waals surface area (Å²) in [6.45, 7) is 7.99. The highest BCUT2D eigenvalue weighted by Gasteiger charge is 2.38. The average molecular weight is 483 g/mol. The van der Waals surface area contributed by atoms with Gasteiger partial charge in [0, 0.05) is 36.5 Å². The molecule has 0 bridgehead atoms. The van der Waals surface area contributed by atoms with E-state index in [1.807, 2.05) is 36.1 Å². The van der Waals surface area contributed by atoms with E-state index in [4.69, 9.17) is 4.74 Å². The zero-order valence-electron chi connectivity index (χ0n) is 17.4. The lowest BCUT2D eigenvalue weighted by Gasteiger charge is -2.32. The van der Waals surface area contributed by atoms with Crippen molar-refractivity contribution in [2.45, 2.75) is 37.6 Å². The minimum absolute atomic E-state index is 0.185. The highest BCUT2D eigenvalue weighted by Crippen LogP contribution is 2.40. The lowest BCUT2D eigenvalue weighted by molar-refractivity contribution is 0.132. The summed E-state index contributed by atoms with van der Waals surface area (Å²) < 4.78 is 9.10. The van der Waals surface area contributed by atoms with Crippen LogP contribution in [0.3, 0.4) is 0 Å². The van der Waals surface area contributed by atoms with Gasteiger partial charge in [-0.3, -0.25) is 13.9 Å². The van der Waals surface area contributed by atoms with Crippen molar-refractivity contribution in [3.63, 3.8) is 0 Å². The first-order valence-electron chi connectivity index (χ1n) is 9.48. The molecule has 2 heterocycles. The Morgan fingerprint density at radius 3 is 2.62 bits per heavy atom. The van der Waals surface area contributed by atoms with Gasteiger partial charge in [-0.05, 0) is 38.5 Å². The Bertz CT molecular complexity index is 1020. The van der Waals surface area contributed by atoms with Crippen molar-refractivity contribution >= 4 is 39.2 Å². The molecule has 1 N–H and O–H groups in total. The molecular weight excluding hydrogens is 456 g/mol. The SMILES string of the molecule is CCOCC(C)(C)SC1Nc2c(c(=O)n(C)c(=O)n2C)N1Cc1cccc(Br)c1. The predicted molar refractivity (Wildman–Crippen MR) is 123 cm³/mol. The third kappa shape index (κ3) is 4.57. The van der Waals surface area contributed by atoms with Gasteiger partial charge in [0.2, 0.25) is 0 Å². The first kappa shape index (κ1) is 22.0. The number of nitrogens with one attached hydrogen (secondary N) is 1. The maximum atomic E-state index is 13.0. The van der Waals surface area contributed by atoms with E-state index in [0.29, 0.717) is 31.3 Å². The molecule has 0 saturated carbocycles. The van der Waals surface area contributed by atoms with E-state index in [1.54, 1.807) is 18.8 Å². The standard InChI is InChI=1S/C20H27BrN4O3S/c1-6-28-12-20(2,3)29-18-22-16-15(17(26)24(5)19(27)23(16)4)25(18)11-13-8-7-9-14(21)10-13/h7-10,18,22H,6,11-12H2,1-5H3. The Kier molecular flexibility index (Phi) is 6.50. The molecular formula is C20H27BrN4O3S. The third-order valence-electron chi connectivity index (χ3n) is 4.80. The van der Waals surface area contributed by atoms with Crippen LogP contribution in [-0.2, 0) is 25.4 Å². The molecule has 0 radical (unpaired) electrons. The molecule has 1 aromatic heterocycles. The molecule has 1 aliphatic rings. The van der Waals surface area contributed by atoms with E-state index in [-0.39, 0.29) is 21.5 Å². The van der Waals surface area contributed by atoms with Crippen LogP contribution in [0.4, 0.5) is 11.5 Å². The molecule has 158 valence electrons. The Morgan fingerprint density at radius 1 is 1.24 bits per heavy atom. The topological polar surface area (TPSA) is 68.5 Å². The molecule has 2 aromatic rings. The van der Waals surface area contributed by atoms with Crippen molar-refractivity contribution < 1.29 is 4.74 Å². The third-order valence-corrected chi connectivity index (χ3v) is 6.64. The molecule has 29 heavy (non-hydrogen) atoms. The van der Waals surface area contributed by atoms with Crippen molar-refractivity contribution in [3.8, 4) is 0 Å². The Balaban J connectivity index is 2.04. The molecule has 0 spiro atoms. The number of benzene rings is 1. The van der Waals surface area contributed by atoms with Gasteiger partial charge < -0.3 is 15.0 Å². The molecule has 3 rings (SSSR count). The summed E-state index contributed by atoms with van der Waals surface area (Å²) in [6, 6.07) is 8.02. The summed E-state index contributed by atoms with van der Waals surface area (Å²) in [5.74, 6) is 0.554. The monoisotopic (exact) mass is 482 g/mol. The van der Waals surface area contributed by atoms with E-state index < -0.39 is 0 Å². The number of thioether (sulfide) groups is 1. The Morgan fingerprint density at radius 2 is 1.97 bits per heavy atom. The van der Waals surface area contributed by atoms with Crippen molar-refractivity contribution in [3.05, 3.63) is 55.1 Å². The molecule has 1 aromatic carbocycles. The minimum atomic E-state index is -0.345. The second-order valence-electron chi connectivity index (χ2n) is 7.67. The second-order valence-corrected chi connectivity index (χ2v) is 10.4. The van der Waals surface area contributed by atoms with Gasteiger partial charge in [-0.2, -0.15) is 0 Å². The van der Waals surface area contributed by atoms with Crippen molar-refractivity contribution in [2.75, 3.05) is 23.4 Å². The van der Waals surface area contributed by atoms with Gasteiger partial charge in [0.1, 0.15) is 11.5 Å². The number of hydrogen-bond donors (Lipinski definition) is 1. The molecule has 1 atom stereocenters. The zero-order chi connectivity index (χ0) is 21.3. The van der Waals surface area contributed by atoms with Gasteiger partial charge in [0.05, 0.1) is 6.61 Å². The van der Waals surface area contributed by atoms with E-state index in [0.717, 1.165) is 14.6 Å². The number of nitrogens with zero attached hydrogens (tertiary/aromatic N) is 3. The molecule has 0 aliphatic carbocycles. The Hall–Kier alpha value is -1.71. The fraction of sp³-hybridized carbons (Fsp3) is 0.500. The molecule has 1 aliphatic heterocycles. The highest BCUT2D eigenvalue weighted by atomic mass is 79.9. The molecule has 1 unspecified atom stereocenters. The van der Waals surface area contributed by atoms with Gasteiger partial charge in [0.25, 0.3) is 5.56 Å². The minimum Gasteiger partial charge on any atom is -0.380 e. The zero-order valence-corrected chi connectivity index (χ0v) is 19.8. The first-order valence-corrected chi connectivity index (χ1v) is 11.1. The van der Waals surface area contributed by atoms with Crippen LogP contribution in [0.2, 0.25) is 0 Å². The van der Waals surface area contributed by atoms with E-state index >= 15 is 0 Å². The molecule has 7 nitrogen and oxygen atoms in total. The molecule has 9 heteroatoms. The number of hydrogen-bond acceptors (Lipinski definition) is 6. The number of fused-ring (bicyclic) bond motifs is 1. The van der Waals surface area contributed by atoms with Gasteiger partial charge in [0.15, 0.2) is 5.50 Å². The van der Waals surface area contributed by atoms with Crippen LogP contribution in [-0.4, -0.2) is 32.6 Å². The average Bonchev–Trinajstić information content (AvgIpc) is 3.00. The van der Waals surface area contributed by atoms with Gasteiger partial charge in [-0.1, -0.05) is 28.1 Å². The van der Waals surface area contributed by atoms with E-state index in [2.05, 4.69) is 35.1 Å². The summed E-state index contributed by atoms with van der Waals surface area (Å²) in [5, 5.41) is 3.40. The first-order chi connectivity index (χ1) is 13.6. The smallest absolute Gasteiger partial charge is 0.332 e. The van der Waals surface area contributed by atoms with Crippen molar-refractivity contribution in [1.82, 2.24) is 9.13 Å². The van der Waals surface area contributed by atoms with Crippen LogP contribution in [0, 0.1) is 0 Å². The number of halogens is 1. The maximum Gasteiger partial charge on any atom is 0.332 e. The lowest BCUT2D eigenvalue weighted by atomic mass is 10.2. The summed E-state index contributed by atoms with van der Waals surface area (Å²) in [5.41, 5.74) is 0.733. The van der Waals surface area contributed by atoms with Crippen LogP contribution in [0.15, 0.2) is 38.3 Å². The number of ether oxygens (including phenoxy) is 1. The lowest BCUT2D eigenvalue weighted by Crippen LogP contribution is -2.41.